The lowest BCUT2D eigenvalue weighted by Gasteiger charge is -2.26. The molecule has 104 valence electrons. The van der Waals surface area contributed by atoms with Gasteiger partial charge in [-0.05, 0) is 18.4 Å². The van der Waals surface area contributed by atoms with Crippen molar-refractivity contribution in [3.63, 3.8) is 0 Å². The van der Waals surface area contributed by atoms with Gasteiger partial charge in [0, 0.05) is 36.5 Å². The van der Waals surface area contributed by atoms with E-state index in [1.165, 1.54) is 0 Å². The Morgan fingerprint density at radius 3 is 3.05 bits per heavy atom. The van der Waals surface area contributed by atoms with Gasteiger partial charge in [-0.3, -0.25) is 4.90 Å². The van der Waals surface area contributed by atoms with E-state index in [-0.39, 0.29) is 5.97 Å². The van der Waals surface area contributed by atoms with Crippen molar-refractivity contribution in [3.8, 4) is 0 Å². The van der Waals surface area contributed by atoms with Gasteiger partial charge in [0.05, 0.1) is 19.8 Å². The van der Waals surface area contributed by atoms with Crippen molar-refractivity contribution in [2.75, 3.05) is 39.5 Å². The first-order valence-corrected chi connectivity index (χ1v) is 7.44. The van der Waals surface area contributed by atoms with Crippen LogP contribution in [0.1, 0.15) is 13.3 Å². The number of rotatable bonds is 4. The van der Waals surface area contributed by atoms with E-state index in [1.807, 2.05) is 18.4 Å². The van der Waals surface area contributed by atoms with Crippen molar-refractivity contribution in [1.82, 2.24) is 4.90 Å². The van der Waals surface area contributed by atoms with Gasteiger partial charge in [0.2, 0.25) is 0 Å². The molecule has 19 heavy (non-hydrogen) atoms. The van der Waals surface area contributed by atoms with E-state index < -0.39 is 0 Å². The summed E-state index contributed by atoms with van der Waals surface area (Å²) in [4.78, 5) is 15.1. The summed E-state index contributed by atoms with van der Waals surface area (Å²) >= 11 is 1.57. The highest BCUT2D eigenvalue weighted by molar-refractivity contribution is 8.05. The molecule has 0 aromatic carbocycles. The van der Waals surface area contributed by atoms with Gasteiger partial charge in [-0.25, -0.2) is 4.79 Å². The SMILES string of the molecule is CCOC(=O)C1=CSC(CN2CCOCC2)=C=CC1. The number of morpholine rings is 1. The molecule has 0 atom stereocenters. The molecule has 0 aromatic rings. The maximum Gasteiger partial charge on any atom is 0.334 e. The standard InChI is InChI=1S/C14H19NO3S/c1-2-18-14(16)12-4-3-5-13(19-11-12)10-15-6-8-17-9-7-15/h3,11H,2,4,6-10H2,1H3. The summed E-state index contributed by atoms with van der Waals surface area (Å²) in [5.74, 6) is -0.222. The van der Waals surface area contributed by atoms with Gasteiger partial charge in [-0.15, -0.1) is 5.73 Å². The van der Waals surface area contributed by atoms with Crippen LogP contribution in [0.2, 0.25) is 0 Å². The third-order valence-corrected chi connectivity index (χ3v) is 3.87. The lowest BCUT2D eigenvalue weighted by atomic mass is 10.2. The number of hydrogen-bond acceptors (Lipinski definition) is 5. The fourth-order valence-corrected chi connectivity index (χ4v) is 2.79. The number of thioether (sulfide) groups is 1. The molecule has 4 nitrogen and oxygen atoms in total. The van der Waals surface area contributed by atoms with Crippen molar-refractivity contribution >= 4 is 17.7 Å². The lowest BCUT2D eigenvalue weighted by molar-refractivity contribution is -0.138. The van der Waals surface area contributed by atoms with Gasteiger partial charge < -0.3 is 9.47 Å². The number of carbonyl (C=O) groups is 1. The second kappa shape index (κ2) is 7.56. The topological polar surface area (TPSA) is 38.8 Å². The third kappa shape index (κ3) is 4.55. The number of carbonyl (C=O) groups excluding carboxylic acids is 1. The highest BCUT2D eigenvalue weighted by Crippen LogP contribution is 2.24. The molecule has 1 fully saturated rings. The molecular formula is C14H19NO3S. The zero-order valence-corrected chi connectivity index (χ0v) is 12.0. The average molecular weight is 281 g/mol. The van der Waals surface area contributed by atoms with Crippen molar-refractivity contribution < 1.29 is 14.3 Å². The average Bonchev–Trinajstić information content (AvgIpc) is 2.66. The first-order chi connectivity index (χ1) is 9.29. The van der Waals surface area contributed by atoms with Crippen LogP contribution in [0.15, 0.2) is 27.7 Å². The van der Waals surface area contributed by atoms with Crippen molar-refractivity contribution in [2.45, 2.75) is 13.3 Å². The van der Waals surface area contributed by atoms with Gasteiger partial charge in [-0.1, -0.05) is 11.8 Å². The van der Waals surface area contributed by atoms with Crippen LogP contribution in [0, 0.1) is 0 Å². The molecule has 0 aliphatic carbocycles. The Morgan fingerprint density at radius 2 is 2.32 bits per heavy atom. The van der Waals surface area contributed by atoms with Gasteiger partial charge in [0.15, 0.2) is 0 Å². The minimum atomic E-state index is -0.222. The van der Waals surface area contributed by atoms with E-state index in [0.29, 0.717) is 18.6 Å². The summed E-state index contributed by atoms with van der Waals surface area (Å²) in [5.41, 5.74) is 3.97. The van der Waals surface area contributed by atoms with E-state index in [1.54, 1.807) is 11.8 Å². The van der Waals surface area contributed by atoms with Gasteiger partial charge in [0.25, 0.3) is 0 Å². The minimum absolute atomic E-state index is 0.222. The van der Waals surface area contributed by atoms with Crippen molar-refractivity contribution in [3.05, 3.63) is 27.7 Å². The summed E-state index contributed by atoms with van der Waals surface area (Å²) < 4.78 is 10.3. The Labute approximate surface area is 118 Å². The van der Waals surface area contributed by atoms with E-state index in [9.17, 15) is 4.79 Å². The molecule has 0 N–H and O–H groups in total. The fourth-order valence-electron chi connectivity index (χ4n) is 1.90. The van der Waals surface area contributed by atoms with Crippen LogP contribution in [0.3, 0.4) is 0 Å². The van der Waals surface area contributed by atoms with E-state index >= 15 is 0 Å². The van der Waals surface area contributed by atoms with E-state index in [2.05, 4.69) is 10.6 Å². The van der Waals surface area contributed by atoms with Crippen molar-refractivity contribution in [1.29, 1.82) is 0 Å². The summed E-state index contributed by atoms with van der Waals surface area (Å²) in [5, 5.41) is 1.89. The van der Waals surface area contributed by atoms with Crippen LogP contribution in [0.4, 0.5) is 0 Å². The third-order valence-electron chi connectivity index (χ3n) is 2.94. The van der Waals surface area contributed by atoms with Crippen LogP contribution >= 0.6 is 11.8 Å². The van der Waals surface area contributed by atoms with Gasteiger partial charge in [-0.2, -0.15) is 0 Å². The van der Waals surface area contributed by atoms with Crippen molar-refractivity contribution in [2.24, 2.45) is 0 Å². The number of esters is 1. The molecule has 2 aliphatic heterocycles. The predicted octanol–water partition coefficient (Wildman–Crippen LogP) is 1.94. The zero-order chi connectivity index (χ0) is 13.5. The van der Waals surface area contributed by atoms with Crippen LogP contribution in [-0.4, -0.2) is 50.3 Å². The summed E-state index contributed by atoms with van der Waals surface area (Å²) in [6, 6.07) is 0. The molecule has 1 saturated heterocycles. The molecule has 5 heteroatoms. The monoisotopic (exact) mass is 281 g/mol. The molecular weight excluding hydrogens is 262 g/mol. The van der Waals surface area contributed by atoms with E-state index in [0.717, 1.165) is 37.8 Å². The normalized spacial score (nSPS) is 20.5. The number of nitrogens with zero attached hydrogens (tertiary/aromatic N) is 1. The first kappa shape index (κ1) is 14.4. The predicted molar refractivity (Wildman–Crippen MR) is 75.8 cm³/mol. The summed E-state index contributed by atoms with van der Waals surface area (Å²) in [6.07, 6.45) is 2.51. The Morgan fingerprint density at radius 1 is 1.53 bits per heavy atom. The highest BCUT2D eigenvalue weighted by atomic mass is 32.2. The lowest BCUT2D eigenvalue weighted by Crippen LogP contribution is -2.37. The summed E-state index contributed by atoms with van der Waals surface area (Å²) in [6.45, 7) is 6.62. The van der Waals surface area contributed by atoms with Crippen LogP contribution in [0.5, 0.6) is 0 Å². The molecule has 0 saturated carbocycles. The van der Waals surface area contributed by atoms with Crippen LogP contribution < -0.4 is 0 Å². The number of ether oxygens (including phenoxy) is 2. The van der Waals surface area contributed by atoms with Gasteiger partial charge in [0.1, 0.15) is 0 Å². The Balaban J connectivity index is 1.90. The second-order valence-corrected chi connectivity index (χ2v) is 5.31. The molecule has 0 radical (unpaired) electrons. The second-order valence-electron chi connectivity index (χ2n) is 4.35. The largest absolute Gasteiger partial charge is 0.463 e. The molecule has 0 amide bonds. The fraction of sp³-hybridized carbons (Fsp3) is 0.571. The minimum Gasteiger partial charge on any atom is -0.463 e. The molecule has 0 unspecified atom stereocenters. The molecule has 2 rings (SSSR count). The summed E-state index contributed by atoms with van der Waals surface area (Å²) in [7, 11) is 0. The smallest absolute Gasteiger partial charge is 0.334 e. The quantitative estimate of drug-likeness (QED) is 0.581. The van der Waals surface area contributed by atoms with Crippen LogP contribution in [0.25, 0.3) is 0 Å². The molecule has 0 aromatic heterocycles. The Hall–Kier alpha value is -1.00. The van der Waals surface area contributed by atoms with Gasteiger partial charge >= 0.3 is 5.97 Å². The molecule has 0 bridgehead atoms. The van der Waals surface area contributed by atoms with Crippen LogP contribution in [-0.2, 0) is 14.3 Å². The molecule has 2 aliphatic rings. The molecule has 2 heterocycles. The maximum absolute atomic E-state index is 11.7. The van der Waals surface area contributed by atoms with E-state index in [4.69, 9.17) is 9.47 Å². The first-order valence-electron chi connectivity index (χ1n) is 6.56. The Kier molecular flexibility index (Phi) is 5.73. The Bertz CT molecular complexity index is 418. The zero-order valence-electron chi connectivity index (χ0n) is 11.2. The maximum atomic E-state index is 11.7. The highest BCUT2D eigenvalue weighted by Gasteiger charge is 2.15. The number of hydrogen-bond donors (Lipinski definition) is 0. The molecule has 0 spiro atoms.